The lowest BCUT2D eigenvalue weighted by atomic mass is 9.36. The first-order valence-corrected chi connectivity index (χ1v) is 25.5. The fourth-order valence-electron chi connectivity index (χ4n) is 12.3. The quantitative estimate of drug-likeness (QED) is 0.163. The molecule has 2 nitrogen and oxygen atoms in total. The summed E-state index contributed by atoms with van der Waals surface area (Å²) in [5.41, 5.74) is 24.1. The lowest BCUT2D eigenvalue weighted by Gasteiger charge is -2.45. The van der Waals surface area contributed by atoms with Crippen LogP contribution in [0.25, 0.3) is 32.3 Å². The van der Waals surface area contributed by atoms with Crippen molar-refractivity contribution in [3.63, 3.8) is 0 Å². The summed E-state index contributed by atoms with van der Waals surface area (Å²) in [5, 5.41) is 1.34. The van der Waals surface area contributed by atoms with Gasteiger partial charge in [0.05, 0.1) is 5.69 Å². The standard InChI is InChI=1S/C63H63BN2S/c1-59(2,3)40-22-25-42(26-23-40)65-52-29-24-41(60(4,5)6)34-51(52)64-56-53(65)32-39(38-18-14-13-15-19-38)33-54(56)66(43-27-28-48-50(35-43)62(9,10)31-30-61(48,7)8)57-46-36-45-44-20-16-17-21-47(44)63(11,12)49(45)37-55(46)67-58(57)64/h13-29,32-37H,30-31H2,1-12H3. The zero-order valence-corrected chi connectivity index (χ0v) is 42.4. The van der Waals surface area contributed by atoms with Crippen molar-refractivity contribution < 1.29 is 0 Å². The molecule has 0 fully saturated rings. The first kappa shape index (κ1) is 42.5. The second-order valence-electron chi connectivity index (χ2n) is 24.1. The smallest absolute Gasteiger partial charge is 0.264 e. The highest BCUT2D eigenvalue weighted by Crippen LogP contribution is 2.55. The zero-order valence-electron chi connectivity index (χ0n) is 41.6. The van der Waals surface area contributed by atoms with Gasteiger partial charge in [0.2, 0.25) is 0 Å². The predicted octanol–water partition coefficient (Wildman–Crippen LogP) is 15.9. The molecule has 0 unspecified atom stereocenters. The van der Waals surface area contributed by atoms with E-state index in [4.69, 9.17) is 0 Å². The van der Waals surface area contributed by atoms with E-state index in [1.165, 1.54) is 128 Å². The SMILES string of the molecule is CC(C)(C)c1ccc(N2c3ccc(C(C)(C)C)cc3B3c4sc5cc6c(cc5c4N(c4ccc5c(c4)C(C)(C)CCC5(C)C)c4cc(-c5ccccc5)cc2c43)-c2ccccc2C6(C)C)cc1. The average Bonchev–Trinajstić information content (AvgIpc) is 3.77. The third kappa shape index (κ3) is 6.27. The van der Waals surface area contributed by atoms with Gasteiger partial charge in [-0.2, -0.15) is 0 Å². The van der Waals surface area contributed by atoms with Crippen molar-refractivity contribution in [1.82, 2.24) is 0 Å². The van der Waals surface area contributed by atoms with Crippen molar-refractivity contribution in [2.24, 2.45) is 0 Å². The number of hydrogen-bond acceptors (Lipinski definition) is 3. The molecule has 0 bridgehead atoms. The molecule has 2 aliphatic heterocycles. The van der Waals surface area contributed by atoms with Crippen LogP contribution >= 0.6 is 11.3 Å². The number of benzene rings is 7. The van der Waals surface area contributed by atoms with Gasteiger partial charge >= 0.3 is 0 Å². The Balaban J connectivity index is 1.22. The van der Waals surface area contributed by atoms with Crippen LogP contribution in [0.4, 0.5) is 34.1 Å². The highest BCUT2D eigenvalue weighted by atomic mass is 32.1. The van der Waals surface area contributed by atoms with Crippen molar-refractivity contribution >= 4 is 78.0 Å². The molecule has 2 aliphatic carbocycles. The van der Waals surface area contributed by atoms with Crippen molar-refractivity contribution in [2.75, 3.05) is 9.80 Å². The molecular formula is C63H63BN2S. The normalized spacial score (nSPS) is 17.1. The Morgan fingerprint density at radius 1 is 0.493 bits per heavy atom. The molecule has 0 spiro atoms. The first-order chi connectivity index (χ1) is 31.7. The van der Waals surface area contributed by atoms with Gasteiger partial charge < -0.3 is 9.80 Å². The van der Waals surface area contributed by atoms with Gasteiger partial charge in [-0.3, -0.25) is 0 Å². The molecule has 0 saturated heterocycles. The second kappa shape index (κ2) is 14.1. The molecule has 4 aliphatic rings. The summed E-state index contributed by atoms with van der Waals surface area (Å²) in [4.78, 5) is 5.31. The minimum Gasteiger partial charge on any atom is -0.311 e. The van der Waals surface area contributed by atoms with Gasteiger partial charge in [-0.15, -0.1) is 11.3 Å². The van der Waals surface area contributed by atoms with Crippen molar-refractivity contribution in [3.05, 3.63) is 173 Å². The van der Waals surface area contributed by atoms with E-state index < -0.39 is 0 Å². The largest absolute Gasteiger partial charge is 0.311 e. The van der Waals surface area contributed by atoms with E-state index in [0.717, 1.165) is 0 Å². The Hall–Kier alpha value is -5.84. The van der Waals surface area contributed by atoms with Gasteiger partial charge in [0.1, 0.15) is 0 Å². The summed E-state index contributed by atoms with van der Waals surface area (Å²) >= 11 is 2.03. The average molecular weight is 891 g/mol. The van der Waals surface area contributed by atoms with E-state index >= 15 is 0 Å². The lowest BCUT2D eigenvalue weighted by molar-refractivity contribution is 0.332. The van der Waals surface area contributed by atoms with Crippen LogP contribution in [0.3, 0.4) is 0 Å². The maximum absolute atomic E-state index is 2.71. The summed E-state index contributed by atoms with van der Waals surface area (Å²) in [6.07, 6.45) is 2.36. The molecule has 0 radical (unpaired) electrons. The Morgan fingerprint density at radius 2 is 1.12 bits per heavy atom. The predicted molar refractivity (Wildman–Crippen MR) is 292 cm³/mol. The number of anilines is 6. The topological polar surface area (TPSA) is 6.48 Å². The number of rotatable bonds is 3. The van der Waals surface area contributed by atoms with Crippen LogP contribution in [0, 0.1) is 0 Å². The molecule has 8 aromatic rings. The van der Waals surface area contributed by atoms with Gasteiger partial charge in [0.15, 0.2) is 0 Å². The van der Waals surface area contributed by atoms with Crippen molar-refractivity contribution in [1.29, 1.82) is 0 Å². The van der Waals surface area contributed by atoms with Gasteiger partial charge in [0.25, 0.3) is 6.71 Å². The molecule has 0 atom stereocenters. The highest BCUT2D eigenvalue weighted by molar-refractivity contribution is 7.33. The van der Waals surface area contributed by atoms with E-state index in [2.05, 4.69) is 232 Å². The van der Waals surface area contributed by atoms with E-state index in [0.29, 0.717) is 0 Å². The van der Waals surface area contributed by atoms with E-state index in [-0.39, 0.29) is 33.8 Å². The minimum atomic E-state index is -0.0933. The lowest BCUT2D eigenvalue weighted by Crippen LogP contribution is -2.60. The maximum Gasteiger partial charge on any atom is 0.264 e. The van der Waals surface area contributed by atoms with Crippen LogP contribution in [0.2, 0.25) is 0 Å². The maximum atomic E-state index is 2.71. The third-order valence-corrected chi connectivity index (χ3v) is 17.6. The number of thiophene rings is 1. The number of hydrogen-bond donors (Lipinski definition) is 0. The minimum absolute atomic E-state index is 0.0261. The summed E-state index contributed by atoms with van der Waals surface area (Å²) in [5.74, 6) is 0. The Morgan fingerprint density at radius 3 is 1.82 bits per heavy atom. The molecule has 0 saturated carbocycles. The zero-order chi connectivity index (χ0) is 46.7. The number of nitrogens with zero attached hydrogens (tertiary/aromatic N) is 2. The van der Waals surface area contributed by atoms with E-state index in [9.17, 15) is 0 Å². The molecule has 67 heavy (non-hydrogen) atoms. The molecular weight excluding hydrogens is 828 g/mol. The van der Waals surface area contributed by atoms with E-state index in [1.54, 1.807) is 0 Å². The number of fused-ring (bicyclic) bond motifs is 10. The fourth-order valence-corrected chi connectivity index (χ4v) is 13.7. The van der Waals surface area contributed by atoms with Crippen LogP contribution in [0.1, 0.15) is 129 Å². The summed E-state index contributed by atoms with van der Waals surface area (Å²) in [7, 11) is 0. The molecule has 7 aromatic carbocycles. The highest BCUT2D eigenvalue weighted by Gasteiger charge is 2.47. The second-order valence-corrected chi connectivity index (χ2v) is 25.2. The summed E-state index contributed by atoms with van der Waals surface area (Å²) < 4.78 is 2.79. The molecule has 3 heterocycles. The fraction of sp³-hybridized carbons (Fsp3) is 0.302. The van der Waals surface area contributed by atoms with Gasteiger partial charge in [-0.05, 0) is 156 Å². The monoisotopic (exact) mass is 890 g/mol. The molecule has 0 amide bonds. The molecule has 4 heteroatoms. The van der Waals surface area contributed by atoms with Gasteiger partial charge in [0, 0.05) is 48.7 Å². The Kier molecular flexibility index (Phi) is 8.95. The van der Waals surface area contributed by atoms with Gasteiger partial charge in [-0.1, -0.05) is 168 Å². The Bertz CT molecular complexity index is 3350. The molecule has 334 valence electrons. The van der Waals surface area contributed by atoms with Crippen LogP contribution in [-0.2, 0) is 27.1 Å². The van der Waals surface area contributed by atoms with Crippen molar-refractivity contribution in [3.8, 4) is 22.3 Å². The molecule has 0 N–H and O–H groups in total. The molecule has 1 aromatic heterocycles. The summed E-state index contributed by atoms with van der Waals surface area (Å²) in [6, 6.07) is 54.8. The van der Waals surface area contributed by atoms with Crippen LogP contribution in [0.5, 0.6) is 0 Å². The Labute approximate surface area is 403 Å². The van der Waals surface area contributed by atoms with Crippen molar-refractivity contribution in [2.45, 2.75) is 123 Å². The van der Waals surface area contributed by atoms with Crippen LogP contribution in [0.15, 0.2) is 140 Å². The van der Waals surface area contributed by atoms with Gasteiger partial charge in [-0.25, -0.2) is 0 Å². The molecule has 12 rings (SSSR count). The third-order valence-electron chi connectivity index (χ3n) is 16.4. The van der Waals surface area contributed by atoms with Crippen LogP contribution < -0.4 is 25.5 Å². The van der Waals surface area contributed by atoms with Crippen LogP contribution in [-0.4, -0.2) is 6.71 Å². The van der Waals surface area contributed by atoms with E-state index in [1.807, 2.05) is 11.3 Å². The summed E-state index contributed by atoms with van der Waals surface area (Å²) in [6.45, 7) is 28.7. The first-order valence-electron chi connectivity index (χ1n) is 24.7.